The van der Waals surface area contributed by atoms with Crippen molar-refractivity contribution in [1.29, 1.82) is 0 Å². The van der Waals surface area contributed by atoms with Gasteiger partial charge in [-0.05, 0) is 18.2 Å². The number of hydrogen-bond acceptors (Lipinski definition) is 2. The van der Waals surface area contributed by atoms with Gasteiger partial charge in [-0.2, -0.15) is 13.2 Å². The summed E-state index contributed by atoms with van der Waals surface area (Å²) in [5.41, 5.74) is -0.892. The van der Waals surface area contributed by atoms with Gasteiger partial charge in [-0.3, -0.25) is 0 Å². The Kier molecular flexibility index (Phi) is 4.92. The highest BCUT2D eigenvalue weighted by molar-refractivity contribution is 7.85. The van der Waals surface area contributed by atoms with Crippen LogP contribution in [0.1, 0.15) is 5.56 Å². The van der Waals surface area contributed by atoms with Crippen LogP contribution < -0.4 is 20.7 Å². The number of ether oxygens (including phenoxy) is 1. The molecule has 0 bridgehead atoms. The minimum Gasteiger partial charge on any atom is -0.496 e. The Hall–Kier alpha value is -2.52. The maximum atomic E-state index is 14.1. The first-order valence-electron chi connectivity index (χ1n) is 7.84. The Labute approximate surface area is 149 Å². The fraction of sp³-hybridized carbons (Fsp3) is 0.100. The van der Waals surface area contributed by atoms with E-state index < -0.39 is 18.9 Å². The Balaban J connectivity index is 2.26. The molecule has 0 saturated heterocycles. The Bertz CT molecular complexity index is 895. The van der Waals surface area contributed by atoms with Crippen molar-refractivity contribution in [2.45, 2.75) is 6.18 Å². The Morgan fingerprint density at radius 2 is 1.27 bits per heavy atom. The number of rotatable bonds is 4. The van der Waals surface area contributed by atoms with Gasteiger partial charge in [0.15, 0.2) is 7.14 Å². The van der Waals surface area contributed by atoms with Gasteiger partial charge in [0.2, 0.25) is 0 Å². The molecule has 0 N–H and O–H groups in total. The first-order chi connectivity index (χ1) is 12.4. The van der Waals surface area contributed by atoms with Gasteiger partial charge in [-0.15, -0.1) is 0 Å². The summed E-state index contributed by atoms with van der Waals surface area (Å²) in [6.45, 7) is 0. The maximum Gasteiger partial charge on any atom is 0.419 e. The standard InChI is InChI=1S/C20H16F3O2P/c1-25-19-14-17(12-13-18(19)20(21,22)23)26(24,15-8-4-2-5-9-15)16-10-6-3-7-11-16/h2-14H,1H3. The monoisotopic (exact) mass is 376 g/mol. The molecule has 0 heterocycles. The highest BCUT2D eigenvalue weighted by Crippen LogP contribution is 2.44. The molecule has 0 aliphatic heterocycles. The van der Waals surface area contributed by atoms with Crippen LogP contribution in [-0.4, -0.2) is 7.11 Å². The van der Waals surface area contributed by atoms with E-state index in [1.54, 1.807) is 60.7 Å². The number of methoxy groups -OCH3 is 1. The number of halogens is 3. The lowest BCUT2D eigenvalue weighted by atomic mass is 10.2. The summed E-state index contributed by atoms with van der Waals surface area (Å²) in [4.78, 5) is 0. The van der Waals surface area contributed by atoms with Gasteiger partial charge in [0.1, 0.15) is 5.75 Å². The average Bonchev–Trinajstić information content (AvgIpc) is 2.67. The molecule has 0 spiro atoms. The lowest BCUT2D eigenvalue weighted by molar-refractivity contribution is -0.138. The molecule has 3 rings (SSSR count). The number of benzene rings is 3. The van der Waals surface area contributed by atoms with Crippen molar-refractivity contribution in [3.8, 4) is 5.75 Å². The van der Waals surface area contributed by atoms with E-state index in [2.05, 4.69) is 0 Å². The molecule has 26 heavy (non-hydrogen) atoms. The summed E-state index contributed by atoms with van der Waals surface area (Å²) in [5, 5.41) is 1.39. The van der Waals surface area contributed by atoms with Crippen LogP contribution in [0.3, 0.4) is 0 Å². The van der Waals surface area contributed by atoms with Crippen molar-refractivity contribution in [2.75, 3.05) is 7.11 Å². The molecule has 0 unspecified atom stereocenters. The van der Waals surface area contributed by atoms with E-state index in [4.69, 9.17) is 4.74 Å². The second kappa shape index (κ2) is 7.00. The fourth-order valence-electron chi connectivity index (χ4n) is 2.83. The van der Waals surface area contributed by atoms with Crippen LogP contribution in [0.5, 0.6) is 5.75 Å². The molecule has 134 valence electrons. The van der Waals surface area contributed by atoms with E-state index >= 15 is 0 Å². The average molecular weight is 376 g/mol. The van der Waals surface area contributed by atoms with Crippen molar-refractivity contribution < 1.29 is 22.5 Å². The van der Waals surface area contributed by atoms with Crippen LogP contribution in [0.2, 0.25) is 0 Å². The fourth-order valence-corrected chi connectivity index (χ4v) is 5.49. The van der Waals surface area contributed by atoms with Crippen LogP contribution >= 0.6 is 7.14 Å². The largest absolute Gasteiger partial charge is 0.496 e. The number of hydrogen-bond donors (Lipinski definition) is 0. The van der Waals surface area contributed by atoms with Crippen molar-refractivity contribution in [3.63, 3.8) is 0 Å². The van der Waals surface area contributed by atoms with Crippen LogP contribution in [0, 0.1) is 0 Å². The van der Waals surface area contributed by atoms with Crippen LogP contribution in [-0.2, 0) is 10.7 Å². The molecule has 3 aromatic carbocycles. The minimum atomic E-state index is -4.55. The predicted molar refractivity (Wildman–Crippen MR) is 97.4 cm³/mol. The van der Waals surface area contributed by atoms with Gasteiger partial charge in [0, 0.05) is 15.9 Å². The van der Waals surface area contributed by atoms with E-state index in [9.17, 15) is 17.7 Å². The normalized spacial score (nSPS) is 12.0. The summed E-state index contributed by atoms with van der Waals surface area (Å²) >= 11 is 0. The highest BCUT2D eigenvalue weighted by atomic mass is 31.2. The topological polar surface area (TPSA) is 26.3 Å². The van der Waals surface area contributed by atoms with E-state index in [1.807, 2.05) is 0 Å². The molecule has 6 heteroatoms. The molecule has 0 atom stereocenters. The Morgan fingerprint density at radius 3 is 1.69 bits per heavy atom. The summed E-state index contributed by atoms with van der Waals surface area (Å²) in [6, 6.07) is 20.9. The summed E-state index contributed by atoms with van der Waals surface area (Å²) < 4.78 is 58.5. The smallest absolute Gasteiger partial charge is 0.419 e. The third-order valence-electron chi connectivity index (χ3n) is 4.09. The molecular formula is C20H16F3O2P. The third kappa shape index (κ3) is 3.27. The quantitative estimate of drug-likeness (QED) is 0.633. The number of alkyl halides is 3. The van der Waals surface area contributed by atoms with Crippen LogP contribution in [0.25, 0.3) is 0 Å². The van der Waals surface area contributed by atoms with Crippen molar-refractivity contribution in [3.05, 3.63) is 84.4 Å². The molecule has 0 radical (unpaired) electrons. The Morgan fingerprint density at radius 1 is 0.769 bits per heavy atom. The molecule has 2 nitrogen and oxygen atoms in total. The highest BCUT2D eigenvalue weighted by Gasteiger charge is 2.36. The second-order valence-electron chi connectivity index (χ2n) is 5.66. The van der Waals surface area contributed by atoms with Gasteiger partial charge in [-0.1, -0.05) is 60.7 Å². The van der Waals surface area contributed by atoms with E-state index in [-0.39, 0.29) is 5.75 Å². The van der Waals surface area contributed by atoms with Crippen molar-refractivity contribution in [1.82, 2.24) is 0 Å². The molecule has 0 aliphatic carbocycles. The van der Waals surface area contributed by atoms with E-state index in [0.717, 1.165) is 6.07 Å². The zero-order chi connectivity index (χ0) is 18.8. The maximum absolute atomic E-state index is 14.1. The zero-order valence-corrected chi connectivity index (χ0v) is 14.8. The molecule has 0 aliphatic rings. The lowest BCUT2D eigenvalue weighted by Crippen LogP contribution is -2.25. The first-order valence-corrected chi connectivity index (χ1v) is 9.55. The van der Waals surface area contributed by atoms with E-state index in [0.29, 0.717) is 15.9 Å². The molecular weight excluding hydrogens is 360 g/mol. The molecule has 0 amide bonds. The zero-order valence-electron chi connectivity index (χ0n) is 13.9. The molecule has 0 saturated carbocycles. The van der Waals surface area contributed by atoms with Gasteiger partial charge >= 0.3 is 6.18 Å². The van der Waals surface area contributed by atoms with Gasteiger partial charge in [-0.25, -0.2) is 0 Å². The first kappa shape index (κ1) is 18.3. The van der Waals surface area contributed by atoms with Gasteiger partial charge in [0.25, 0.3) is 0 Å². The van der Waals surface area contributed by atoms with Gasteiger partial charge < -0.3 is 9.30 Å². The van der Waals surface area contributed by atoms with Crippen LogP contribution in [0.15, 0.2) is 78.9 Å². The lowest BCUT2D eigenvalue weighted by Gasteiger charge is -2.21. The predicted octanol–water partition coefficient (Wildman–Crippen LogP) is 4.35. The van der Waals surface area contributed by atoms with Crippen molar-refractivity contribution in [2.24, 2.45) is 0 Å². The van der Waals surface area contributed by atoms with Crippen LogP contribution in [0.4, 0.5) is 13.2 Å². The second-order valence-corrected chi connectivity index (χ2v) is 8.43. The molecule has 0 aromatic heterocycles. The summed E-state index contributed by atoms with van der Waals surface area (Å²) in [7, 11) is -2.17. The van der Waals surface area contributed by atoms with Gasteiger partial charge in [0.05, 0.1) is 12.7 Å². The van der Waals surface area contributed by atoms with E-state index in [1.165, 1.54) is 19.2 Å². The molecule has 0 fully saturated rings. The minimum absolute atomic E-state index is 0.291. The van der Waals surface area contributed by atoms with Crippen molar-refractivity contribution >= 4 is 23.1 Å². The SMILES string of the molecule is COc1cc(P(=O)(c2ccccc2)c2ccccc2)ccc1C(F)(F)F. The summed E-state index contributed by atoms with van der Waals surface area (Å²) in [5.74, 6) is -0.345. The summed E-state index contributed by atoms with van der Waals surface area (Å²) in [6.07, 6.45) is -4.55. The molecule has 3 aromatic rings. The third-order valence-corrected chi connectivity index (χ3v) is 7.15.